The van der Waals surface area contributed by atoms with Gasteiger partial charge >= 0.3 is 5.97 Å². The number of hydrogen-bond donors (Lipinski definition) is 0. The summed E-state index contributed by atoms with van der Waals surface area (Å²) in [5, 5.41) is 4.72. The maximum Gasteiger partial charge on any atom is 0.306 e. The van der Waals surface area contributed by atoms with Crippen molar-refractivity contribution in [3.05, 3.63) is 40.0 Å². The van der Waals surface area contributed by atoms with Crippen molar-refractivity contribution in [3.8, 4) is 5.75 Å². The predicted molar refractivity (Wildman–Crippen MR) is 80.1 cm³/mol. The molecule has 0 saturated carbocycles. The summed E-state index contributed by atoms with van der Waals surface area (Å²) in [4.78, 5) is 15.4. The van der Waals surface area contributed by atoms with Gasteiger partial charge in [-0.3, -0.25) is 4.79 Å². The Morgan fingerprint density at radius 2 is 2.18 bits per heavy atom. The van der Waals surface area contributed by atoms with Gasteiger partial charge in [-0.1, -0.05) is 35.3 Å². The Kier molecular flexibility index (Phi) is 5.63. The van der Waals surface area contributed by atoms with Crippen LogP contribution in [-0.2, 0) is 16.1 Å². The van der Waals surface area contributed by atoms with Gasteiger partial charge in [-0.2, -0.15) is 4.98 Å². The molecule has 1 aromatic carbocycles. The Balaban J connectivity index is 1.96. The molecule has 0 aliphatic heterocycles. The number of carbonyl (C=O) groups excluding carboxylic acids is 1. The zero-order valence-electron chi connectivity index (χ0n) is 12.0. The number of rotatable bonds is 6. The Morgan fingerprint density at radius 1 is 1.41 bits per heavy atom. The van der Waals surface area contributed by atoms with E-state index in [1.165, 1.54) is 7.11 Å². The summed E-state index contributed by atoms with van der Waals surface area (Å²) >= 11 is 11.8. The third kappa shape index (κ3) is 4.35. The van der Waals surface area contributed by atoms with Crippen molar-refractivity contribution in [3.63, 3.8) is 0 Å². The average molecular weight is 345 g/mol. The van der Waals surface area contributed by atoms with E-state index in [9.17, 15) is 4.79 Å². The number of benzene rings is 1. The highest BCUT2D eigenvalue weighted by Crippen LogP contribution is 2.28. The van der Waals surface area contributed by atoms with Crippen LogP contribution in [-0.4, -0.2) is 23.2 Å². The van der Waals surface area contributed by atoms with Crippen molar-refractivity contribution >= 4 is 29.2 Å². The monoisotopic (exact) mass is 344 g/mol. The van der Waals surface area contributed by atoms with Crippen LogP contribution >= 0.6 is 23.2 Å². The Hall–Kier alpha value is -1.79. The fraction of sp³-hybridized carbons (Fsp3) is 0.357. The van der Waals surface area contributed by atoms with Crippen LogP contribution in [0.15, 0.2) is 22.7 Å². The first-order valence-corrected chi connectivity index (χ1v) is 7.22. The molecule has 118 valence electrons. The fourth-order valence-corrected chi connectivity index (χ4v) is 2.14. The second kappa shape index (κ2) is 7.47. The molecule has 0 aliphatic carbocycles. The molecular weight excluding hydrogens is 331 g/mol. The van der Waals surface area contributed by atoms with Crippen LogP contribution < -0.4 is 4.74 Å². The summed E-state index contributed by atoms with van der Waals surface area (Å²) in [5.74, 6) is 0.619. The molecular formula is C14H14Cl2N2O4. The molecule has 1 heterocycles. The lowest BCUT2D eigenvalue weighted by Crippen LogP contribution is -2.06. The molecule has 0 radical (unpaired) electrons. The summed E-state index contributed by atoms with van der Waals surface area (Å²) < 4.78 is 15.2. The standard InChI is InChI=1S/C14H14Cl2N2O4/c1-8(5-13(19)20-2)14-17-12(18-22-14)7-21-11-4-3-9(15)6-10(11)16/h3-4,6,8H,5,7H2,1-2H3/t8-/m0/s1. The quantitative estimate of drug-likeness (QED) is 0.745. The minimum Gasteiger partial charge on any atom is -0.484 e. The Labute approximate surface area is 137 Å². The lowest BCUT2D eigenvalue weighted by atomic mass is 10.1. The first-order chi connectivity index (χ1) is 10.5. The van der Waals surface area contributed by atoms with Gasteiger partial charge in [-0.15, -0.1) is 0 Å². The van der Waals surface area contributed by atoms with Gasteiger partial charge in [0, 0.05) is 10.9 Å². The van der Waals surface area contributed by atoms with Crippen molar-refractivity contribution in [2.24, 2.45) is 0 Å². The summed E-state index contributed by atoms with van der Waals surface area (Å²) in [6, 6.07) is 4.91. The van der Waals surface area contributed by atoms with Crippen LogP contribution in [0.2, 0.25) is 10.0 Å². The summed E-state index contributed by atoms with van der Waals surface area (Å²) in [5.41, 5.74) is 0. The van der Waals surface area contributed by atoms with Gasteiger partial charge in [0.15, 0.2) is 6.61 Å². The van der Waals surface area contributed by atoms with E-state index >= 15 is 0 Å². The second-order valence-electron chi connectivity index (χ2n) is 4.59. The number of aromatic nitrogens is 2. The molecule has 0 saturated heterocycles. The number of hydrogen-bond acceptors (Lipinski definition) is 6. The van der Waals surface area contributed by atoms with E-state index in [4.69, 9.17) is 32.5 Å². The van der Waals surface area contributed by atoms with Gasteiger partial charge in [0.2, 0.25) is 11.7 Å². The molecule has 6 nitrogen and oxygen atoms in total. The number of carbonyl (C=O) groups is 1. The van der Waals surface area contributed by atoms with E-state index in [-0.39, 0.29) is 24.9 Å². The molecule has 0 amide bonds. The van der Waals surface area contributed by atoms with Gasteiger partial charge in [0.05, 0.1) is 18.6 Å². The van der Waals surface area contributed by atoms with E-state index in [1.807, 2.05) is 0 Å². The van der Waals surface area contributed by atoms with Crippen molar-refractivity contribution in [1.82, 2.24) is 10.1 Å². The van der Waals surface area contributed by atoms with Gasteiger partial charge in [0.25, 0.3) is 0 Å². The third-order valence-electron chi connectivity index (χ3n) is 2.86. The average Bonchev–Trinajstić information content (AvgIpc) is 2.95. The molecule has 0 unspecified atom stereocenters. The third-order valence-corrected chi connectivity index (χ3v) is 3.39. The molecule has 8 heteroatoms. The molecule has 0 bridgehead atoms. The van der Waals surface area contributed by atoms with Gasteiger partial charge < -0.3 is 14.0 Å². The highest BCUT2D eigenvalue weighted by molar-refractivity contribution is 6.35. The molecule has 1 atom stereocenters. The zero-order chi connectivity index (χ0) is 16.1. The van der Waals surface area contributed by atoms with E-state index in [0.717, 1.165) is 0 Å². The van der Waals surface area contributed by atoms with Crippen LogP contribution in [0.1, 0.15) is 31.0 Å². The minimum absolute atomic E-state index is 0.0931. The number of esters is 1. The lowest BCUT2D eigenvalue weighted by Gasteiger charge is -2.05. The van der Waals surface area contributed by atoms with Crippen molar-refractivity contribution < 1.29 is 18.8 Å². The first kappa shape index (κ1) is 16.6. The van der Waals surface area contributed by atoms with Gasteiger partial charge in [-0.05, 0) is 18.2 Å². The van der Waals surface area contributed by atoms with Crippen LogP contribution in [0, 0.1) is 0 Å². The molecule has 0 fully saturated rings. The van der Waals surface area contributed by atoms with Crippen LogP contribution in [0.3, 0.4) is 0 Å². The van der Waals surface area contributed by atoms with Crippen molar-refractivity contribution in [1.29, 1.82) is 0 Å². The lowest BCUT2D eigenvalue weighted by molar-refractivity contribution is -0.141. The maximum absolute atomic E-state index is 11.2. The number of halogens is 2. The molecule has 0 spiro atoms. The smallest absolute Gasteiger partial charge is 0.306 e. The first-order valence-electron chi connectivity index (χ1n) is 6.46. The minimum atomic E-state index is -0.337. The molecule has 22 heavy (non-hydrogen) atoms. The summed E-state index contributed by atoms with van der Waals surface area (Å²) in [7, 11) is 1.33. The molecule has 0 N–H and O–H groups in total. The summed E-state index contributed by atoms with van der Waals surface area (Å²) in [6.45, 7) is 1.89. The predicted octanol–water partition coefficient (Wildman–Crippen LogP) is 3.62. The highest BCUT2D eigenvalue weighted by Gasteiger charge is 2.18. The van der Waals surface area contributed by atoms with Gasteiger partial charge in [0.1, 0.15) is 5.75 Å². The summed E-state index contributed by atoms with van der Waals surface area (Å²) in [6.07, 6.45) is 0.169. The highest BCUT2D eigenvalue weighted by atomic mass is 35.5. The van der Waals surface area contributed by atoms with Crippen molar-refractivity contribution in [2.45, 2.75) is 25.9 Å². The number of nitrogens with zero attached hydrogens (tertiary/aromatic N) is 2. The Bertz CT molecular complexity index is 660. The van der Waals surface area contributed by atoms with Crippen LogP contribution in [0.5, 0.6) is 5.75 Å². The van der Waals surface area contributed by atoms with Gasteiger partial charge in [-0.25, -0.2) is 0 Å². The van der Waals surface area contributed by atoms with Crippen LogP contribution in [0.25, 0.3) is 0 Å². The second-order valence-corrected chi connectivity index (χ2v) is 5.44. The normalized spacial score (nSPS) is 12.0. The SMILES string of the molecule is COC(=O)C[C@H](C)c1nc(COc2ccc(Cl)cc2Cl)no1. The molecule has 2 aromatic rings. The van der Waals surface area contributed by atoms with E-state index < -0.39 is 0 Å². The fourth-order valence-electron chi connectivity index (χ4n) is 1.68. The largest absolute Gasteiger partial charge is 0.484 e. The Morgan fingerprint density at radius 3 is 2.86 bits per heavy atom. The van der Waals surface area contributed by atoms with E-state index in [0.29, 0.717) is 27.5 Å². The molecule has 1 aromatic heterocycles. The number of methoxy groups -OCH3 is 1. The maximum atomic E-state index is 11.2. The van der Waals surface area contributed by atoms with Crippen molar-refractivity contribution in [2.75, 3.05) is 7.11 Å². The zero-order valence-corrected chi connectivity index (χ0v) is 13.5. The van der Waals surface area contributed by atoms with E-state index in [1.54, 1.807) is 25.1 Å². The molecule has 0 aliphatic rings. The van der Waals surface area contributed by atoms with Crippen LogP contribution in [0.4, 0.5) is 0 Å². The molecule has 2 rings (SSSR count). The van der Waals surface area contributed by atoms with E-state index in [2.05, 4.69) is 14.9 Å². The number of ether oxygens (including phenoxy) is 2. The topological polar surface area (TPSA) is 74.5 Å².